The monoisotopic (exact) mass is 425 g/mol. The minimum atomic E-state index is -5.08. The fourth-order valence-electron chi connectivity index (χ4n) is 2.79. The summed E-state index contributed by atoms with van der Waals surface area (Å²) in [4.78, 5) is 26.7. The zero-order chi connectivity index (χ0) is 21.1. The Bertz CT molecular complexity index is 818. The maximum Gasteiger partial charge on any atom is 0.490 e. The van der Waals surface area contributed by atoms with Gasteiger partial charge in [-0.25, -0.2) is 13.2 Å². The summed E-state index contributed by atoms with van der Waals surface area (Å²) in [5.41, 5.74) is 0.969. The molecule has 2 saturated heterocycles. The van der Waals surface area contributed by atoms with Crippen molar-refractivity contribution in [2.75, 3.05) is 26.0 Å². The van der Waals surface area contributed by atoms with Crippen molar-refractivity contribution in [3.05, 3.63) is 30.1 Å². The summed E-state index contributed by atoms with van der Waals surface area (Å²) in [6.45, 7) is 1.05. The molecule has 0 aliphatic carbocycles. The van der Waals surface area contributed by atoms with Gasteiger partial charge >= 0.3 is 12.1 Å². The molecule has 0 aromatic carbocycles. The number of carboxylic acid groups (broad SMARTS) is 1. The van der Waals surface area contributed by atoms with Crippen LogP contribution in [0.2, 0.25) is 0 Å². The van der Waals surface area contributed by atoms with Crippen LogP contribution >= 0.6 is 0 Å². The fraction of sp³-hybridized carbons (Fsp3) is 0.533. The molecule has 1 aromatic heterocycles. The number of sulfonamides is 1. The second kappa shape index (κ2) is 8.41. The van der Waals surface area contributed by atoms with Crippen molar-refractivity contribution in [3.63, 3.8) is 0 Å². The van der Waals surface area contributed by atoms with Crippen LogP contribution in [0.1, 0.15) is 5.56 Å². The molecule has 0 unspecified atom stereocenters. The Morgan fingerprint density at radius 2 is 1.89 bits per heavy atom. The van der Waals surface area contributed by atoms with E-state index < -0.39 is 22.2 Å². The summed E-state index contributed by atoms with van der Waals surface area (Å²) in [7, 11) is -3.27. The second-order valence-electron chi connectivity index (χ2n) is 6.18. The van der Waals surface area contributed by atoms with E-state index in [-0.39, 0.29) is 24.7 Å². The third-order valence-electron chi connectivity index (χ3n) is 4.16. The molecule has 3 heterocycles. The van der Waals surface area contributed by atoms with Gasteiger partial charge in [-0.2, -0.15) is 17.5 Å². The Morgan fingerprint density at radius 1 is 1.32 bits per heavy atom. The van der Waals surface area contributed by atoms with Crippen LogP contribution in [-0.2, 0) is 30.9 Å². The molecule has 3 rings (SSSR count). The van der Waals surface area contributed by atoms with Crippen LogP contribution in [0.25, 0.3) is 0 Å². The van der Waals surface area contributed by atoms with Crippen molar-refractivity contribution in [1.29, 1.82) is 0 Å². The van der Waals surface area contributed by atoms with E-state index in [2.05, 4.69) is 4.98 Å². The summed E-state index contributed by atoms with van der Waals surface area (Å²) < 4.78 is 62.0. The van der Waals surface area contributed by atoms with E-state index in [1.54, 1.807) is 17.3 Å². The first-order chi connectivity index (χ1) is 12.9. The van der Waals surface area contributed by atoms with Gasteiger partial charge in [0.15, 0.2) is 0 Å². The molecule has 0 bridgehead atoms. The molecule has 1 aromatic rings. The van der Waals surface area contributed by atoms with Gasteiger partial charge in [0, 0.05) is 32.0 Å². The van der Waals surface area contributed by atoms with Crippen LogP contribution in [0.5, 0.6) is 0 Å². The third kappa shape index (κ3) is 5.62. The standard InChI is InChI=1S/C13H17N3O4S.C2HF3O2/c1-21(18,19)15-7-11-12(8-15)20-9-13(17)16(11)6-10-2-4-14-5-3-10;3-2(4,5)1(6)7/h2-5,11-12H,6-9H2,1H3;(H,6,7)/t11-,12-;/m1./s1. The van der Waals surface area contributed by atoms with Crippen LogP contribution in [0.15, 0.2) is 24.5 Å². The number of hydrogen-bond donors (Lipinski definition) is 1. The lowest BCUT2D eigenvalue weighted by atomic mass is 10.1. The second-order valence-corrected chi connectivity index (χ2v) is 8.16. The van der Waals surface area contributed by atoms with E-state index in [0.717, 1.165) is 5.56 Å². The van der Waals surface area contributed by atoms with Gasteiger partial charge in [0.25, 0.3) is 0 Å². The summed E-state index contributed by atoms with van der Waals surface area (Å²) in [5, 5.41) is 7.12. The van der Waals surface area contributed by atoms with E-state index in [1.807, 2.05) is 12.1 Å². The molecule has 28 heavy (non-hydrogen) atoms. The molecule has 2 atom stereocenters. The number of fused-ring (bicyclic) bond motifs is 1. The normalized spacial score (nSPS) is 23.0. The molecule has 0 radical (unpaired) electrons. The minimum Gasteiger partial charge on any atom is -0.475 e. The van der Waals surface area contributed by atoms with Crippen LogP contribution < -0.4 is 0 Å². The smallest absolute Gasteiger partial charge is 0.475 e. The van der Waals surface area contributed by atoms with Gasteiger partial charge in [-0.3, -0.25) is 9.78 Å². The first kappa shape index (κ1) is 22.0. The summed E-state index contributed by atoms with van der Waals surface area (Å²) >= 11 is 0. The van der Waals surface area contributed by atoms with E-state index >= 15 is 0 Å². The lowest BCUT2D eigenvalue weighted by molar-refractivity contribution is -0.192. The molecule has 2 aliphatic heterocycles. The molecule has 156 valence electrons. The van der Waals surface area contributed by atoms with E-state index in [1.165, 1.54) is 10.6 Å². The van der Waals surface area contributed by atoms with Crippen molar-refractivity contribution in [3.8, 4) is 0 Å². The number of alkyl halides is 3. The highest BCUT2D eigenvalue weighted by atomic mass is 32.2. The Labute approximate surface area is 158 Å². The number of halogens is 3. The Morgan fingerprint density at radius 3 is 2.39 bits per heavy atom. The van der Waals surface area contributed by atoms with Gasteiger partial charge in [-0.1, -0.05) is 0 Å². The molecule has 0 spiro atoms. The van der Waals surface area contributed by atoms with Crippen molar-refractivity contribution in [1.82, 2.24) is 14.2 Å². The van der Waals surface area contributed by atoms with Gasteiger partial charge in [0.2, 0.25) is 15.9 Å². The van der Waals surface area contributed by atoms with Crippen molar-refractivity contribution in [2.45, 2.75) is 24.9 Å². The Balaban J connectivity index is 0.000000345. The number of nitrogens with zero attached hydrogens (tertiary/aromatic N) is 3. The number of hydrogen-bond acceptors (Lipinski definition) is 6. The highest BCUT2D eigenvalue weighted by molar-refractivity contribution is 7.88. The average Bonchev–Trinajstić information content (AvgIpc) is 3.03. The molecule has 1 amide bonds. The fourth-order valence-corrected chi connectivity index (χ4v) is 3.63. The number of amides is 1. The van der Waals surface area contributed by atoms with Crippen LogP contribution in [-0.4, -0.2) is 83.9 Å². The molecule has 0 saturated carbocycles. The number of morpholine rings is 1. The number of pyridine rings is 1. The third-order valence-corrected chi connectivity index (χ3v) is 5.39. The summed E-state index contributed by atoms with van der Waals surface area (Å²) in [6, 6.07) is 3.47. The lowest BCUT2D eigenvalue weighted by Crippen LogP contribution is -2.53. The zero-order valence-electron chi connectivity index (χ0n) is 14.7. The molecular weight excluding hydrogens is 407 g/mol. The van der Waals surface area contributed by atoms with E-state index in [9.17, 15) is 26.4 Å². The molecular formula is C15H18F3N3O6S. The molecule has 13 heteroatoms. The first-order valence-corrected chi connectivity index (χ1v) is 9.79. The van der Waals surface area contributed by atoms with Gasteiger partial charge in [-0.15, -0.1) is 0 Å². The highest BCUT2D eigenvalue weighted by Gasteiger charge is 2.45. The van der Waals surface area contributed by atoms with Gasteiger partial charge in [0.1, 0.15) is 6.61 Å². The number of carbonyl (C=O) groups is 2. The summed E-state index contributed by atoms with van der Waals surface area (Å²) in [5.74, 6) is -2.86. The lowest BCUT2D eigenvalue weighted by Gasteiger charge is -2.36. The minimum absolute atomic E-state index is 0.00382. The molecule has 2 fully saturated rings. The number of aliphatic carboxylic acids is 1. The summed E-state index contributed by atoms with van der Waals surface area (Å²) in [6.07, 6.45) is -0.803. The largest absolute Gasteiger partial charge is 0.490 e. The highest BCUT2D eigenvalue weighted by Crippen LogP contribution is 2.26. The van der Waals surface area contributed by atoms with Crippen LogP contribution in [0, 0.1) is 0 Å². The van der Waals surface area contributed by atoms with E-state index in [0.29, 0.717) is 19.6 Å². The molecule has 2 aliphatic rings. The molecule has 1 N–H and O–H groups in total. The van der Waals surface area contributed by atoms with Gasteiger partial charge < -0.3 is 14.7 Å². The Hall–Kier alpha value is -2.25. The van der Waals surface area contributed by atoms with E-state index in [4.69, 9.17) is 14.6 Å². The van der Waals surface area contributed by atoms with Crippen LogP contribution in [0.3, 0.4) is 0 Å². The van der Waals surface area contributed by atoms with Crippen molar-refractivity contribution >= 4 is 21.9 Å². The quantitative estimate of drug-likeness (QED) is 0.729. The number of aromatic nitrogens is 1. The van der Waals surface area contributed by atoms with Gasteiger partial charge in [-0.05, 0) is 17.7 Å². The number of carboxylic acids is 1. The maximum absolute atomic E-state index is 12.1. The molecule has 9 nitrogen and oxygen atoms in total. The average molecular weight is 425 g/mol. The zero-order valence-corrected chi connectivity index (χ0v) is 15.5. The number of rotatable bonds is 3. The SMILES string of the molecule is CS(=O)(=O)N1C[C@@H]2[C@@H](C1)OCC(=O)N2Cc1ccncc1.O=C(O)C(F)(F)F. The predicted octanol–water partition coefficient (Wildman–Crippen LogP) is 0.0861. The Kier molecular flexibility index (Phi) is 6.62. The maximum atomic E-state index is 12.1. The van der Waals surface area contributed by atoms with Gasteiger partial charge in [0.05, 0.1) is 18.4 Å². The van der Waals surface area contributed by atoms with Crippen molar-refractivity contribution in [2.24, 2.45) is 0 Å². The van der Waals surface area contributed by atoms with Crippen molar-refractivity contribution < 1.29 is 41.0 Å². The number of carbonyl (C=O) groups excluding carboxylic acids is 1. The topological polar surface area (TPSA) is 117 Å². The first-order valence-electron chi connectivity index (χ1n) is 7.95. The van der Waals surface area contributed by atoms with Crippen LogP contribution in [0.4, 0.5) is 13.2 Å². The predicted molar refractivity (Wildman–Crippen MR) is 88.4 cm³/mol. The number of ether oxygens (including phenoxy) is 1.